The molecule has 0 spiro atoms. The lowest BCUT2D eigenvalue weighted by Crippen LogP contribution is -2.49. The van der Waals surface area contributed by atoms with Gasteiger partial charge >= 0.3 is 0 Å². The summed E-state index contributed by atoms with van der Waals surface area (Å²) in [6, 6.07) is 7.41. The topological polar surface area (TPSA) is 55.8 Å². The number of nitrogens with zero attached hydrogens (tertiary/aromatic N) is 2. The predicted octanol–water partition coefficient (Wildman–Crippen LogP) is 1.68. The number of piperazine rings is 1. The molecular formula is C17H27N3O2. The number of para-hydroxylation sites is 2. The zero-order valence-corrected chi connectivity index (χ0v) is 13.6. The molecule has 1 saturated heterocycles. The number of rotatable bonds is 6. The third kappa shape index (κ3) is 4.91. The van der Waals surface area contributed by atoms with E-state index in [4.69, 9.17) is 0 Å². The molecule has 1 fully saturated rings. The van der Waals surface area contributed by atoms with E-state index < -0.39 is 0 Å². The number of phenols is 1. The quantitative estimate of drug-likeness (QED) is 0.839. The smallest absolute Gasteiger partial charge is 0.234 e. The Morgan fingerprint density at radius 1 is 1.23 bits per heavy atom. The summed E-state index contributed by atoms with van der Waals surface area (Å²) in [6.07, 6.45) is 1.02. The van der Waals surface area contributed by atoms with Gasteiger partial charge in [0, 0.05) is 32.7 Å². The molecule has 0 saturated carbocycles. The molecule has 5 nitrogen and oxygen atoms in total. The second kappa shape index (κ2) is 8.03. The van der Waals surface area contributed by atoms with Gasteiger partial charge in [-0.25, -0.2) is 0 Å². The van der Waals surface area contributed by atoms with Gasteiger partial charge in [-0.1, -0.05) is 26.0 Å². The fourth-order valence-corrected chi connectivity index (χ4v) is 2.64. The van der Waals surface area contributed by atoms with Crippen molar-refractivity contribution in [3.05, 3.63) is 24.3 Å². The van der Waals surface area contributed by atoms with Crippen LogP contribution in [0.25, 0.3) is 0 Å². The molecule has 122 valence electrons. The van der Waals surface area contributed by atoms with E-state index in [1.165, 1.54) is 0 Å². The molecule has 1 aromatic carbocycles. The van der Waals surface area contributed by atoms with Crippen LogP contribution < -0.4 is 10.2 Å². The molecule has 5 heteroatoms. The number of anilines is 1. The molecule has 1 aliphatic heterocycles. The van der Waals surface area contributed by atoms with E-state index in [0.717, 1.165) is 44.8 Å². The van der Waals surface area contributed by atoms with Crippen LogP contribution >= 0.6 is 0 Å². The first-order valence-corrected chi connectivity index (χ1v) is 8.08. The van der Waals surface area contributed by atoms with Gasteiger partial charge < -0.3 is 15.3 Å². The summed E-state index contributed by atoms with van der Waals surface area (Å²) in [7, 11) is 0. The van der Waals surface area contributed by atoms with Crippen molar-refractivity contribution >= 4 is 11.6 Å². The lowest BCUT2D eigenvalue weighted by Gasteiger charge is -2.35. The Kier molecular flexibility index (Phi) is 6.07. The van der Waals surface area contributed by atoms with Crippen LogP contribution in [0.4, 0.5) is 5.69 Å². The number of aromatic hydroxyl groups is 1. The largest absolute Gasteiger partial charge is 0.506 e. The van der Waals surface area contributed by atoms with Gasteiger partial charge in [0.15, 0.2) is 0 Å². The summed E-state index contributed by atoms with van der Waals surface area (Å²) in [5.74, 6) is 1.04. The van der Waals surface area contributed by atoms with Crippen LogP contribution in [-0.2, 0) is 4.79 Å². The van der Waals surface area contributed by atoms with Crippen molar-refractivity contribution in [3.8, 4) is 5.75 Å². The fourth-order valence-electron chi connectivity index (χ4n) is 2.64. The molecule has 1 aromatic rings. The van der Waals surface area contributed by atoms with E-state index in [9.17, 15) is 9.90 Å². The third-order valence-corrected chi connectivity index (χ3v) is 4.01. The van der Waals surface area contributed by atoms with Crippen molar-refractivity contribution in [3.63, 3.8) is 0 Å². The molecule has 2 rings (SSSR count). The van der Waals surface area contributed by atoms with Gasteiger partial charge in [-0.2, -0.15) is 0 Å². The van der Waals surface area contributed by atoms with Crippen molar-refractivity contribution in [2.24, 2.45) is 5.92 Å². The molecule has 2 N–H and O–H groups in total. The molecule has 0 atom stereocenters. The number of carbonyl (C=O) groups excluding carboxylic acids is 1. The summed E-state index contributed by atoms with van der Waals surface area (Å²) >= 11 is 0. The van der Waals surface area contributed by atoms with Crippen molar-refractivity contribution in [1.29, 1.82) is 0 Å². The van der Waals surface area contributed by atoms with Crippen molar-refractivity contribution in [1.82, 2.24) is 10.2 Å². The van der Waals surface area contributed by atoms with Crippen molar-refractivity contribution in [2.75, 3.05) is 44.2 Å². The van der Waals surface area contributed by atoms with Crippen LogP contribution in [0.15, 0.2) is 24.3 Å². The number of benzene rings is 1. The maximum atomic E-state index is 11.9. The first kappa shape index (κ1) is 16.6. The number of phenolic OH excluding ortho intramolecular Hbond substituents is 1. The van der Waals surface area contributed by atoms with Gasteiger partial charge in [-0.05, 0) is 24.5 Å². The minimum Gasteiger partial charge on any atom is -0.506 e. The van der Waals surface area contributed by atoms with E-state index in [0.29, 0.717) is 18.2 Å². The number of nitrogens with one attached hydrogen (secondary N) is 1. The van der Waals surface area contributed by atoms with Crippen molar-refractivity contribution in [2.45, 2.75) is 20.3 Å². The summed E-state index contributed by atoms with van der Waals surface area (Å²) in [4.78, 5) is 16.2. The lowest BCUT2D eigenvalue weighted by molar-refractivity contribution is -0.122. The maximum Gasteiger partial charge on any atom is 0.234 e. The third-order valence-electron chi connectivity index (χ3n) is 4.01. The highest BCUT2D eigenvalue weighted by atomic mass is 16.3. The van der Waals surface area contributed by atoms with Crippen molar-refractivity contribution < 1.29 is 9.90 Å². The Morgan fingerprint density at radius 2 is 1.91 bits per heavy atom. The SMILES string of the molecule is CC(C)CCNC(=O)CN1CCN(c2ccccc2O)CC1. The molecule has 0 aromatic heterocycles. The van der Waals surface area contributed by atoms with E-state index in [2.05, 4.69) is 29.0 Å². The summed E-state index contributed by atoms with van der Waals surface area (Å²) < 4.78 is 0. The fraction of sp³-hybridized carbons (Fsp3) is 0.588. The van der Waals surface area contributed by atoms with Gasteiger partial charge in [0.1, 0.15) is 5.75 Å². The second-order valence-corrected chi connectivity index (χ2v) is 6.28. The van der Waals surface area contributed by atoms with Crippen LogP contribution in [-0.4, -0.2) is 55.2 Å². The Labute approximate surface area is 132 Å². The Morgan fingerprint density at radius 3 is 2.55 bits per heavy atom. The van der Waals surface area contributed by atoms with E-state index in [1.54, 1.807) is 6.07 Å². The average molecular weight is 305 g/mol. The molecule has 22 heavy (non-hydrogen) atoms. The predicted molar refractivity (Wildman–Crippen MR) is 89.2 cm³/mol. The molecule has 0 aliphatic carbocycles. The molecule has 1 aliphatic rings. The van der Waals surface area contributed by atoms with E-state index in [1.807, 2.05) is 18.2 Å². The van der Waals surface area contributed by atoms with Crippen LogP contribution in [0.5, 0.6) is 5.75 Å². The molecule has 0 bridgehead atoms. The summed E-state index contributed by atoms with van der Waals surface area (Å²) in [5.41, 5.74) is 0.878. The zero-order valence-electron chi connectivity index (χ0n) is 13.6. The van der Waals surface area contributed by atoms with E-state index >= 15 is 0 Å². The van der Waals surface area contributed by atoms with Gasteiger partial charge in [0.25, 0.3) is 0 Å². The highest BCUT2D eigenvalue weighted by molar-refractivity contribution is 5.78. The van der Waals surface area contributed by atoms with Gasteiger partial charge in [-0.3, -0.25) is 9.69 Å². The van der Waals surface area contributed by atoms with Crippen LogP contribution in [0.2, 0.25) is 0 Å². The summed E-state index contributed by atoms with van der Waals surface area (Å²) in [5, 5.41) is 12.9. The highest BCUT2D eigenvalue weighted by Gasteiger charge is 2.20. The number of carbonyl (C=O) groups is 1. The molecular weight excluding hydrogens is 278 g/mol. The number of hydrogen-bond acceptors (Lipinski definition) is 4. The first-order chi connectivity index (χ1) is 10.6. The normalized spacial score (nSPS) is 16.0. The lowest BCUT2D eigenvalue weighted by atomic mass is 10.1. The van der Waals surface area contributed by atoms with E-state index in [-0.39, 0.29) is 5.91 Å². The molecule has 0 radical (unpaired) electrons. The molecule has 1 heterocycles. The van der Waals surface area contributed by atoms with Gasteiger partial charge in [0.2, 0.25) is 5.91 Å². The maximum absolute atomic E-state index is 11.9. The zero-order chi connectivity index (χ0) is 15.9. The Balaban J connectivity index is 1.73. The number of hydrogen-bond donors (Lipinski definition) is 2. The molecule has 1 amide bonds. The minimum absolute atomic E-state index is 0.108. The van der Waals surface area contributed by atoms with Crippen LogP contribution in [0.3, 0.4) is 0 Å². The second-order valence-electron chi connectivity index (χ2n) is 6.28. The van der Waals surface area contributed by atoms with Crippen LogP contribution in [0, 0.1) is 5.92 Å². The standard InChI is InChI=1S/C17H27N3O2/c1-14(2)7-8-18-17(22)13-19-9-11-20(12-10-19)15-5-3-4-6-16(15)21/h3-6,14,21H,7-13H2,1-2H3,(H,18,22). The first-order valence-electron chi connectivity index (χ1n) is 8.08. The molecule has 0 unspecified atom stereocenters. The number of amides is 1. The summed E-state index contributed by atoms with van der Waals surface area (Å²) in [6.45, 7) is 8.88. The monoisotopic (exact) mass is 305 g/mol. The Hall–Kier alpha value is -1.75. The van der Waals surface area contributed by atoms with Gasteiger partial charge in [0.05, 0.1) is 12.2 Å². The average Bonchev–Trinajstić information content (AvgIpc) is 2.48. The Bertz CT molecular complexity index is 483. The van der Waals surface area contributed by atoms with Crippen LogP contribution in [0.1, 0.15) is 20.3 Å². The van der Waals surface area contributed by atoms with Gasteiger partial charge in [-0.15, -0.1) is 0 Å². The minimum atomic E-state index is 0.108. The highest BCUT2D eigenvalue weighted by Crippen LogP contribution is 2.27.